The first-order chi connectivity index (χ1) is 11.4. The molecule has 0 bridgehead atoms. The van der Waals surface area contributed by atoms with Crippen LogP contribution in [0.2, 0.25) is 0 Å². The minimum atomic E-state index is -1.29. The number of benzene rings is 1. The lowest BCUT2D eigenvalue weighted by molar-refractivity contribution is -0.168. The van der Waals surface area contributed by atoms with Crippen LogP contribution in [0.1, 0.15) is 35.7 Å². The van der Waals surface area contributed by atoms with Gasteiger partial charge < -0.3 is 9.47 Å². The molecule has 0 saturated heterocycles. The molecule has 5 nitrogen and oxygen atoms in total. The second-order valence-electron chi connectivity index (χ2n) is 5.74. The zero-order valence-corrected chi connectivity index (χ0v) is 14.0. The zero-order chi connectivity index (χ0) is 17.7. The summed E-state index contributed by atoms with van der Waals surface area (Å²) >= 11 is 0. The number of carbonyl (C=O) groups is 3. The van der Waals surface area contributed by atoms with E-state index in [2.05, 4.69) is 0 Å². The van der Waals surface area contributed by atoms with Gasteiger partial charge >= 0.3 is 11.9 Å². The van der Waals surface area contributed by atoms with Crippen molar-refractivity contribution in [2.75, 3.05) is 14.2 Å². The van der Waals surface area contributed by atoms with E-state index < -0.39 is 17.4 Å². The molecule has 24 heavy (non-hydrogen) atoms. The smallest absolute Gasteiger partial charge is 0.323 e. The van der Waals surface area contributed by atoms with E-state index in [1.165, 1.54) is 21.1 Å². The van der Waals surface area contributed by atoms with E-state index in [0.29, 0.717) is 5.56 Å². The Hall–Kier alpha value is -2.69. The van der Waals surface area contributed by atoms with Crippen LogP contribution in [0, 0.1) is 5.41 Å². The molecule has 0 amide bonds. The normalized spacial score (nSPS) is 15.9. The molecule has 1 aromatic rings. The molecule has 0 radical (unpaired) electrons. The highest BCUT2D eigenvalue weighted by molar-refractivity contribution is 6.01. The molecule has 0 heterocycles. The Labute approximate surface area is 141 Å². The van der Waals surface area contributed by atoms with E-state index >= 15 is 0 Å². The number of esters is 2. The largest absolute Gasteiger partial charge is 0.468 e. The molecule has 1 aliphatic carbocycles. The summed E-state index contributed by atoms with van der Waals surface area (Å²) in [5, 5.41) is 0. The number of ketones is 1. The van der Waals surface area contributed by atoms with Crippen LogP contribution < -0.4 is 0 Å². The van der Waals surface area contributed by atoms with Crippen molar-refractivity contribution >= 4 is 23.8 Å². The first kappa shape index (κ1) is 17.7. The number of ether oxygens (including phenoxy) is 2. The molecule has 5 heteroatoms. The highest BCUT2D eigenvalue weighted by atomic mass is 16.5. The molecule has 1 aromatic carbocycles. The van der Waals surface area contributed by atoms with Crippen LogP contribution in [0.4, 0.5) is 0 Å². The topological polar surface area (TPSA) is 69.7 Å². The molecule has 0 atom stereocenters. The highest BCUT2D eigenvalue weighted by Gasteiger charge is 2.50. The molecule has 0 fully saturated rings. The van der Waals surface area contributed by atoms with E-state index in [0.717, 1.165) is 11.1 Å². The summed E-state index contributed by atoms with van der Waals surface area (Å²) in [5.41, 5.74) is 1.15. The Morgan fingerprint density at radius 1 is 1.00 bits per heavy atom. The molecule has 0 aromatic heterocycles. The fourth-order valence-electron chi connectivity index (χ4n) is 2.74. The van der Waals surface area contributed by atoms with Crippen LogP contribution in [0.15, 0.2) is 42.0 Å². The third-order valence-electron chi connectivity index (χ3n) is 4.18. The maximum absolute atomic E-state index is 12.0. The lowest BCUT2D eigenvalue weighted by Crippen LogP contribution is -2.39. The van der Waals surface area contributed by atoms with Gasteiger partial charge in [-0.2, -0.15) is 0 Å². The lowest BCUT2D eigenvalue weighted by Gasteiger charge is -2.22. The second kappa shape index (κ2) is 7.25. The van der Waals surface area contributed by atoms with Gasteiger partial charge in [0, 0.05) is 5.56 Å². The predicted octanol–water partition coefficient (Wildman–Crippen LogP) is 2.96. The van der Waals surface area contributed by atoms with Crippen LogP contribution in [-0.2, 0) is 19.1 Å². The predicted molar refractivity (Wildman–Crippen MR) is 89.3 cm³/mol. The molecule has 126 valence electrons. The SMILES string of the molecule is COC(=O)C1(C(=O)OC)CC=C(/C=C/c2ccc(C(C)=O)cc2)C1. The highest BCUT2D eigenvalue weighted by Crippen LogP contribution is 2.40. The summed E-state index contributed by atoms with van der Waals surface area (Å²) in [4.78, 5) is 35.4. The van der Waals surface area contributed by atoms with Crippen molar-refractivity contribution in [3.63, 3.8) is 0 Å². The van der Waals surface area contributed by atoms with Crippen molar-refractivity contribution < 1.29 is 23.9 Å². The van der Waals surface area contributed by atoms with Crippen LogP contribution >= 0.6 is 0 Å². The Kier molecular flexibility index (Phi) is 5.34. The molecule has 0 unspecified atom stereocenters. The van der Waals surface area contributed by atoms with Crippen LogP contribution in [0.5, 0.6) is 0 Å². The number of carbonyl (C=O) groups excluding carboxylic acids is 3. The molecule has 1 aliphatic rings. The van der Waals surface area contributed by atoms with Crippen molar-refractivity contribution in [1.29, 1.82) is 0 Å². The number of Topliss-reactive ketones (excluding diaryl/α,β-unsaturated/α-hetero) is 1. The first-order valence-corrected chi connectivity index (χ1v) is 7.58. The summed E-state index contributed by atoms with van der Waals surface area (Å²) in [6, 6.07) is 7.21. The van der Waals surface area contributed by atoms with Gasteiger partial charge in [0.25, 0.3) is 0 Å². The van der Waals surface area contributed by atoms with Gasteiger partial charge in [0.15, 0.2) is 11.2 Å². The van der Waals surface area contributed by atoms with Gasteiger partial charge in [-0.25, -0.2) is 0 Å². The molecule has 0 aliphatic heterocycles. The molecule has 0 N–H and O–H groups in total. The van der Waals surface area contributed by atoms with E-state index in [4.69, 9.17) is 9.47 Å². The van der Waals surface area contributed by atoms with Crippen molar-refractivity contribution in [3.05, 3.63) is 53.1 Å². The van der Waals surface area contributed by atoms with E-state index in [1.807, 2.05) is 30.4 Å². The van der Waals surface area contributed by atoms with E-state index in [9.17, 15) is 14.4 Å². The van der Waals surface area contributed by atoms with Crippen molar-refractivity contribution in [2.24, 2.45) is 5.41 Å². The summed E-state index contributed by atoms with van der Waals surface area (Å²) in [6.45, 7) is 1.52. The van der Waals surface area contributed by atoms with Gasteiger partial charge in [-0.3, -0.25) is 14.4 Å². The molecular formula is C19H20O5. The Morgan fingerprint density at radius 2 is 1.58 bits per heavy atom. The van der Waals surface area contributed by atoms with Crippen molar-refractivity contribution in [1.82, 2.24) is 0 Å². The van der Waals surface area contributed by atoms with Crippen LogP contribution in [0.3, 0.4) is 0 Å². The third-order valence-corrected chi connectivity index (χ3v) is 4.18. The number of rotatable bonds is 5. The average Bonchev–Trinajstić information content (AvgIpc) is 3.04. The van der Waals surface area contributed by atoms with Gasteiger partial charge in [0.2, 0.25) is 0 Å². The minimum absolute atomic E-state index is 0.0185. The van der Waals surface area contributed by atoms with Crippen LogP contribution in [0.25, 0.3) is 6.08 Å². The van der Waals surface area contributed by atoms with Crippen molar-refractivity contribution in [2.45, 2.75) is 19.8 Å². The minimum Gasteiger partial charge on any atom is -0.468 e. The number of methoxy groups -OCH3 is 2. The molecule has 0 spiro atoms. The third kappa shape index (κ3) is 3.45. The number of allylic oxidation sites excluding steroid dienone is 3. The van der Waals surface area contributed by atoms with Gasteiger partial charge in [-0.05, 0) is 25.3 Å². The van der Waals surface area contributed by atoms with Gasteiger partial charge in [0.05, 0.1) is 14.2 Å². The van der Waals surface area contributed by atoms with Gasteiger partial charge in [0.1, 0.15) is 0 Å². The summed E-state index contributed by atoms with van der Waals surface area (Å²) in [5.74, 6) is -1.15. The maximum atomic E-state index is 12.0. The van der Waals surface area contributed by atoms with Gasteiger partial charge in [-0.1, -0.05) is 48.1 Å². The fourth-order valence-corrected chi connectivity index (χ4v) is 2.74. The maximum Gasteiger partial charge on any atom is 0.323 e. The van der Waals surface area contributed by atoms with E-state index in [1.54, 1.807) is 12.1 Å². The standard InChI is InChI=1S/C19H20O5/c1-13(20)16-8-6-14(7-9-16)4-5-15-10-11-19(12-15,17(21)23-2)18(22)24-3/h4-10H,11-12H2,1-3H3/b5-4+. The summed E-state index contributed by atoms with van der Waals surface area (Å²) in [6.07, 6.45) is 6.08. The zero-order valence-electron chi connectivity index (χ0n) is 14.0. The Balaban J connectivity index is 2.13. The average molecular weight is 328 g/mol. The fraction of sp³-hybridized carbons (Fsp3) is 0.316. The van der Waals surface area contributed by atoms with Crippen LogP contribution in [-0.4, -0.2) is 31.9 Å². The Bertz CT molecular complexity index is 694. The summed E-state index contributed by atoms with van der Waals surface area (Å²) < 4.78 is 9.56. The first-order valence-electron chi connectivity index (χ1n) is 7.58. The quantitative estimate of drug-likeness (QED) is 0.472. The molecular weight excluding hydrogens is 308 g/mol. The number of hydrogen-bond acceptors (Lipinski definition) is 5. The van der Waals surface area contributed by atoms with Crippen molar-refractivity contribution in [3.8, 4) is 0 Å². The van der Waals surface area contributed by atoms with Gasteiger partial charge in [-0.15, -0.1) is 0 Å². The molecule has 2 rings (SSSR count). The number of hydrogen-bond donors (Lipinski definition) is 0. The summed E-state index contributed by atoms with van der Waals surface area (Å²) in [7, 11) is 2.52. The van der Waals surface area contributed by atoms with E-state index in [-0.39, 0.29) is 18.6 Å². The molecule has 0 saturated carbocycles. The lowest BCUT2D eigenvalue weighted by atomic mass is 9.84. The Morgan fingerprint density at radius 3 is 2.08 bits per heavy atom. The monoisotopic (exact) mass is 328 g/mol. The second-order valence-corrected chi connectivity index (χ2v) is 5.74.